The first kappa shape index (κ1) is 23.1. The van der Waals surface area contributed by atoms with Crippen LogP contribution in [0.15, 0.2) is 35.7 Å². The lowest BCUT2D eigenvalue weighted by atomic mass is 9.91. The van der Waals surface area contributed by atoms with E-state index in [-0.39, 0.29) is 30.0 Å². The van der Waals surface area contributed by atoms with Gasteiger partial charge in [-0.2, -0.15) is 0 Å². The molecule has 2 heterocycles. The van der Waals surface area contributed by atoms with Gasteiger partial charge in [0.15, 0.2) is 17.5 Å². The molecule has 1 amide bonds. The summed E-state index contributed by atoms with van der Waals surface area (Å²) in [6, 6.07) is -0.0867. The lowest BCUT2D eigenvalue weighted by molar-refractivity contribution is 0.110. The standard InChI is InChI=1S/C22H29ClFN5O2/c1-12(2)31-22(30)28-17-7-5-6-16(9-17)27-21-19(24)11-26-20(29-21)13(3)18-8-15(23)10-25-14(18)4/h8,10-12,14,16-17,25H,3,5-7,9H2,1-2,4H3,(H,28,30)(H,26,27,29)/t14?,16-,17?/m1/s1. The fourth-order valence-corrected chi connectivity index (χ4v) is 3.94. The van der Waals surface area contributed by atoms with Crippen molar-refractivity contribution in [1.82, 2.24) is 20.6 Å². The number of alkyl carbamates (subject to hydrolysis) is 1. The second-order valence-corrected chi connectivity index (χ2v) is 8.63. The van der Waals surface area contributed by atoms with Gasteiger partial charge < -0.3 is 20.7 Å². The monoisotopic (exact) mass is 449 g/mol. The zero-order valence-corrected chi connectivity index (χ0v) is 18.8. The zero-order valence-electron chi connectivity index (χ0n) is 18.0. The van der Waals surface area contributed by atoms with Crippen LogP contribution < -0.4 is 16.0 Å². The van der Waals surface area contributed by atoms with Gasteiger partial charge in [0.05, 0.1) is 17.3 Å². The predicted molar refractivity (Wildman–Crippen MR) is 120 cm³/mol. The third-order valence-electron chi connectivity index (χ3n) is 5.27. The molecule has 1 aromatic heterocycles. The summed E-state index contributed by atoms with van der Waals surface area (Å²) in [4.78, 5) is 20.4. The molecular formula is C22H29ClFN5O2. The van der Waals surface area contributed by atoms with E-state index in [0.29, 0.717) is 22.9 Å². The summed E-state index contributed by atoms with van der Waals surface area (Å²) in [7, 11) is 0. The Balaban J connectivity index is 1.68. The first-order valence-corrected chi connectivity index (χ1v) is 10.9. The summed E-state index contributed by atoms with van der Waals surface area (Å²) >= 11 is 6.10. The number of aromatic nitrogens is 2. The molecule has 7 nitrogen and oxygen atoms in total. The van der Waals surface area contributed by atoms with Crippen molar-refractivity contribution in [1.29, 1.82) is 0 Å². The average Bonchev–Trinajstić information content (AvgIpc) is 2.70. The number of amides is 1. The van der Waals surface area contributed by atoms with Gasteiger partial charge in [0, 0.05) is 29.9 Å². The summed E-state index contributed by atoms with van der Waals surface area (Å²) in [5.41, 5.74) is 1.42. The van der Waals surface area contributed by atoms with Crippen molar-refractivity contribution in [3.05, 3.63) is 47.3 Å². The van der Waals surface area contributed by atoms with Crippen LogP contribution in [0.3, 0.4) is 0 Å². The highest BCUT2D eigenvalue weighted by atomic mass is 35.5. The van der Waals surface area contributed by atoms with Gasteiger partial charge in [0.2, 0.25) is 0 Å². The number of hydrogen-bond donors (Lipinski definition) is 3. The summed E-state index contributed by atoms with van der Waals surface area (Å²) in [5.74, 6) is -0.0750. The number of ether oxygens (including phenoxy) is 1. The molecule has 1 aromatic rings. The summed E-state index contributed by atoms with van der Waals surface area (Å²) in [5, 5.41) is 9.76. The van der Waals surface area contributed by atoms with Gasteiger partial charge in [-0.15, -0.1) is 0 Å². The molecule has 168 valence electrons. The van der Waals surface area contributed by atoms with Crippen LogP contribution >= 0.6 is 11.6 Å². The number of rotatable bonds is 6. The second kappa shape index (κ2) is 10.1. The van der Waals surface area contributed by atoms with Crippen molar-refractivity contribution in [2.24, 2.45) is 0 Å². The Bertz CT molecular complexity index is 902. The minimum atomic E-state index is -0.535. The van der Waals surface area contributed by atoms with E-state index in [1.807, 2.05) is 6.92 Å². The van der Waals surface area contributed by atoms with Crippen LogP contribution in [0.25, 0.3) is 5.57 Å². The van der Waals surface area contributed by atoms with Crippen molar-refractivity contribution in [3.8, 4) is 0 Å². The van der Waals surface area contributed by atoms with Gasteiger partial charge in [-0.3, -0.25) is 0 Å². The molecule has 0 aromatic carbocycles. The minimum Gasteiger partial charge on any atom is -0.447 e. The van der Waals surface area contributed by atoms with Crippen LogP contribution in [0.4, 0.5) is 15.0 Å². The smallest absolute Gasteiger partial charge is 0.407 e. The van der Waals surface area contributed by atoms with Crippen LogP contribution in [0, 0.1) is 5.82 Å². The van der Waals surface area contributed by atoms with Gasteiger partial charge in [0.25, 0.3) is 0 Å². The fraction of sp³-hybridized carbons (Fsp3) is 0.500. The van der Waals surface area contributed by atoms with Crippen molar-refractivity contribution < 1.29 is 13.9 Å². The number of hydrogen-bond acceptors (Lipinski definition) is 6. The Kier molecular flexibility index (Phi) is 7.54. The number of nitrogens with one attached hydrogen (secondary N) is 3. The molecule has 2 unspecified atom stereocenters. The molecule has 0 bridgehead atoms. The lowest BCUT2D eigenvalue weighted by Crippen LogP contribution is -2.42. The molecule has 1 aliphatic carbocycles. The van der Waals surface area contributed by atoms with E-state index < -0.39 is 11.9 Å². The molecule has 9 heteroatoms. The Hall–Kier alpha value is -2.61. The normalized spacial score (nSPS) is 23.4. The first-order chi connectivity index (χ1) is 14.7. The molecule has 3 N–H and O–H groups in total. The number of dihydropyridines is 1. The van der Waals surface area contributed by atoms with Gasteiger partial charge in [-0.25, -0.2) is 19.2 Å². The molecule has 1 aliphatic heterocycles. The van der Waals surface area contributed by atoms with Crippen LogP contribution in [0.5, 0.6) is 0 Å². The van der Waals surface area contributed by atoms with Crippen molar-refractivity contribution in [2.45, 2.75) is 70.7 Å². The molecule has 3 atom stereocenters. The highest BCUT2D eigenvalue weighted by Crippen LogP contribution is 2.28. The number of carbonyl (C=O) groups is 1. The third kappa shape index (κ3) is 6.19. The Labute approximate surface area is 187 Å². The molecule has 0 spiro atoms. The molecule has 0 saturated heterocycles. The molecule has 0 radical (unpaired) electrons. The Morgan fingerprint density at radius 3 is 2.87 bits per heavy atom. The molecule has 1 fully saturated rings. The van der Waals surface area contributed by atoms with Crippen molar-refractivity contribution >= 4 is 29.1 Å². The molecular weight excluding hydrogens is 421 g/mol. The summed E-state index contributed by atoms with van der Waals surface area (Å²) in [6.07, 6.45) is 7.32. The van der Waals surface area contributed by atoms with Crippen LogP contribution in [-0.2, 0) is 4.74 Å². The number of halogens is 2. The Morgan fingerprint density at radius 1 is 1.39 bits per heavy atom. The quantitative estimate of drug-likeness (QED) is 0.593. The van der Waals surface area contributed by atoms with E-state index in [2.05, 4.69) is 32.5 Å². The minimum absolute atomic E-state index is 0.0177. The maximum atomic E-state index is 14.5. The van der Waals surface area contributed by atoms with E-state index in [0.717, 1.165) is 31.0 Å². The summed E-state index contributed by atoms with van der Waals surface area (Å²) in [6.45, 7) is 9.67. The SMILES string of the molecule is C=C(C1=CC(Cl)=CNC1C)c1ncc(F)c(N[C@@H]2CCCC(NC(=O)OC(C)C)C2)n1. The first-order valence-electron chi connectivity index (χ1n) is 10.5. The van der Waals surface area contributed by atoms with E-state index in [1.54, 1.807) is 26.1 Å². The van der Waals surface area contributed by atoms with Crippen molar-refractivity contribution in [3.63, 3.8) is 0 Å². The number of allylic oxidation sites excluding steroid dienone is 2. The van der Waals surface area contributed by atoms with E-state index >= 15 is 0 Å². The molecule has 1 saturated carbocycles. The highest BCUT2D eigenvalue weighted by molar-refractivity contribution is 6.31. The van der Waals surface area contributed by atoms with Crippen LogP contribution in [0.1, 0.15) is 52.3 Å². The van der Waals surface area contributed by atoms with Gasteiger partial charge in [-0.05, 0) is 58.1 Å². The topological polar surface area (TPSA) is 88.2 Å². The number of nitrogens with zero attached hydrogens (tertiary/aromatic N) is 2. The Morgan fingerprint density at radius 2 is 2.13 bits per heavy atom. The zero-order chi connectivity index (χ0) is 22.5. The van der Waals surface area contributed by atoms with E-state index in [4.69, 9.17) is 16.3 Å². The summed E-state index contributed by atoms with van der Waals surface area (Å²) < 4.78 is 19.6. The average molecular weight is 450 g/mol. The molecule has 3 rings (SSSR count). The predicted octanol–water partition coefficient (Wildman–Crippen LogP) is 4.48. The third-order valence-corrected chi connectivity index (χ3v) is 5.49. The largest absolute Gasteiger partial charge is 0.447 e. The maximum absolute atomic E-state index is 14.5. The lowest BCUT2D eigenvalue weighted by Gasteiger charge is -2.30. The maximum Gasteiger partial charge on any atom is 0.407 e. The van der Waals surface area contributed by atoms with Crippen LogP contribution in [-0.4, -0.2) is 40.3 Å². The highest BCUT2D eigenvalue weighted by Gasteiger charge is 2.26. The van der Waals surface area contributed by atoms with E-state index in [1.165, 1.54) is 0 Å². The second-order valence-electron chi connectivity index (χ2n) is 8.19. The number of carbonyl (C=O) groups excluding carboxylic acids is 1. The molecule has 2 aliphatic rings. The van der Waals surface area contributed by atoms with Gasteiger partial charge >= 0.3 is 6.09 Å². The van der Waals surface area contributed by atoms with Crippen molar-refractivity contribution in [2.75, 3.05) is 5.32 Å². The number of anilines is 1. The van der Waals surface area contributed by atoms with Gasteiger partial charge in [-0.1, -0.05) is 18.2 Å². The van der Waals surface area contributed by atoms with Crippen LogP contribution in [0.2, 0.25) is 0 Å². The van der Waals surface area contributed by atoms with E-state index in [9.17, 15) is 9.18 Å². The molecule has 31 heavy (non-hydrogen) atoms. The van der Waals surface area contributed by atoms with Gasteiger partial charge in [0.1, 0.15) is 0 Å². The fourth-order valence-electron chi connectivity index (χ4n) is 3.76.